The fourth-order valence-corrected chi connectivity index (χ4v) is 6.17. The summed E-state index contributed by atoms with van der Waals surface area (Å²) in [6.45, 7) is 10.1. The third-order valence-corrected chi connectivity index (χ3v) is 8.34. The molecular weight excluding hydrogens is 556 g/mol. The van der Waals surface area contributed by atoms with Crippen molar-refractivity contribution in [3.63, 3.8) is 0 Å². The molecule has 4 heterocycles. The Morgan fingerprint density at radius 3 is 2.21 bits per heavy atom. The number of esters is 1. The predicted octanol–water partition coefficient (Wildman–Crippen LogP) is 1.90. The minimum atomic E-state index is -0.967. The Kier molecular flexibility index (Phi) is 9.48. The fraction of sp³-hybridized carbons (Fsp3) is 0.645. The molecule has 1 N–H and O–H groups in total. The summed E-state index contributed by atoms with van der Waals surface area (Å²) in [7, 11) is 0. The van der Waals surface area contributed by atoms with Crippen LogP contribution >= 0.6 is 0 Å². The number of hydrogen-bond acceptors (Lipinski definition) is 10. The minimum Gasteiger partial charge on any atom is -0.458 e. The second kappa shape index (κ2) is 13.1. The molecule has 1 atom stereocenters. The lowest BCUT2D eigenvalue weighted by Gasteiger charge is -2.38. The van der Waals surface area contributed by atoms with Crippen molar-refractivity contribution in [1.82, 2.24) is 15.1 Å². The van der Waals surface area contributed by atoms with Gasteiger partial charge >= 0.3 is 5.97 Å². The van der Waals surface area contributed by atoms with Gasteiger partial charge in [0.15, 0.2) is 0 Å². The van der Waals surface area contributed by atoms with Crippen LogP contribution in [0.2, 0.25) is 0 Å². The van der Waals surface area contributed by atoms with Gasteiger partial charge in [-0.1, -0.05) is 0 Å². The molecular formula is C31H42N4O8. The number of benzene rings is 1. The molecule has 5 rings (SSSR count). The Morgan fingerprint density at radius 2 is 1.56 bits per heavy atom. The number of nitrogens with zero attached hydrogens (tertiary/aromatic N) is 3. The Hall–Kier alpha value is -3.35. The summed E-state index contributed by atoms with van der Waals surface area (Å²) in [5, 5.41) is 2.23. The van der Waals surface area contributed by atoms with Crippen molar-refractivity contribution in [2.24, 2.45) is 0 Å². The predicted molar refractivity (Wildman–Crippen MR) is 156 cm³/mol. The molecule has 3 saturated heterocycles. The monoisotopic (exact) mass is 598 g/mol. The molecule has 234 valence electrons. The Morgan fingerprint density at radius 1 is 0.907 bits per heavy atom. The number of anilines is 1. The summed E-state index contributed by atoms with van der Waals surface area (Å²) in [6, 6.07) is 4.29. The van der Waals surface area contributed by atoms with Crippen LogP contribution < -0.4 is 10.2 Å². The lowest BCUT2D eigenvalue weighted by molar-refractivity contribution is -0.160. The van der Waals surface area contributed by atoms with E-state index in [0.29, 0.717) is 12.2 Å². The van der Waals surface area contributed by atoms with E-state index in [1.807, 2.05) is 26.8 Å². The van der Waals surface area contributed by atoms with Crippen molar-refractivity contribution >= 4 is 35.3 Å². The average Bonchev–Trinajstić information content (AvgIpc) is 3.20. The number of rotatable bonds is 9. The Labute approximate surface area is 252 Å². The summed E-state index contributed by atoms with van der Waals surface area (Å²) >= 11 is 0. The van der Waals surface area contributed by atoms with Crippen LogP contribution in [0.25, 0.3) is 0 Å². The summed E-state index contributed by atoms with van der Waals surface area (Å²) < 4.78 is 17.2. The maximum atomic E-state index is 13.2. The van der Waals surface area contributed by atoms with Crippen LogP contribution in [0.15, 0.2) is 18.2 Å². The highest BCUT2D eigenvalue weighted by Crippen LogP contribution is 2.32. The van der Waals surface area contributed by atoms with Crippen LogP contribution in [0, 0.1) is 0 Å². The van der Waals surface area contributed by atoms with Gasteiger partial charge in [0.25, 0.3) is 11.8 Å². The Bertz CT molecular complexity index is 1240. The molecule has 0 bridgehead atoms. The topological polar surface area (TPSA) is 135 Å². The van der Waals surface area contributed by atoms with Gasteiger partial charge in [-0.3, -0.25) is 29.4 Å². The summed E-state index contributed by atoms with van der Waals surface area (Å²) in [5.41, 5.74) is 0.947. The summed E-state index contributed by atoms with van der Waals surface area (Å²) in [5.74, 6) is -2.33. The average molecular weight is 599 g/mol. The zero-order valence-corrected chi connectivity index (χ0v) is 25.3. The van der Waals surface area contributed by atoms with Gasteiger partial charge in [-0.15, -0.1) is 0 Å². The molecule has 0 aliphatic carbocycles. The number of ether oxygens (including phenoxy) is 3. The van der Waals surface area contributed by atoms with Gasteiger partial charge in [-0.2, -0.15) is 0 Å². The number of carbonyl (C=O) groups is 5. The first kappa shape index (κ1) is 31.1. The highest BCUT2D eigenvalue weighted by atomic mass is 16.6. The molecule has 4 amide bonds. The van der Waals surface area contributed by atoms with E-state index in [4.69, 9.17) is 14.2 Å². The quantitative estimate of drug-likeness (QED) is 0.255. The number of carbonyl (C=O) groups excluding carboxylic acids is 5. The van der Waals surface area contributed by atoms with Gasteiger partial charge in [0.05, 0.1) is 29.9 Å². The van der Waals surface area contributed by atoms with Crippen molar-refractivity contribution < 1.29 is 38.2 Å². The van der Waals surface area contributed by atoms with Crippen molar-refractivity contribution in [3.05, 3.63) is 29.3 Å². The first-order chi connectivity index (χ1) is 20.5. The standard InChI is InChI=1S/C31H42N4O8/c1-31(2,3)43-27(37)19-41-17-16-33-12-8-21(9-13-33)42-22-10-14-34(15-11-22)20-4-5-23-24(18-20)30(40)35(29(23)39)25-6-7-26(36)32-28(25)38/h4-5,18,21-22,25H,6-17,19H2,1-3H3,(H,32,36,38). The van der Waals surface area contributed by atoms with E-state index in [0.717, 1.165) is 69.0 Å². The van der Waals surface area contributed by atoms with Crippen LogP contribution in [-0.2, 0) is 28.6 Å². The number of piperidine rings is 3. The van der Waals surface area contributed by atoms with Gasteiger partial charge in [-0.05, 0) is 71.1 Å². The number of nitrogens with one attached hydrogen (secondary N) is 1. The van der Waals surface area contributed by atoms with Gasteiger partial charge in [0, 0.05) is 44.8 Å². The van der Waals surface area contributed by atoms with Crippen LogP contribution in [-0.4, -0.2) is 109 Å². The Balaban J connectivity index is 1.03. The molecule has 43 heavy (non-hydrogen) atoms. The second-order valence-corrected chi connectivity index (χ2v) is 12.7. The van der Waals surface area contributed by atoms with E-state index in [1.54, 1.807) is 12.1 Å². The maximum Gasteiger partial charge on any atom is 0.332 e. The maximum absolute atomic E-state index is 13.2. The number of likely N-dealkylation sites (tertiary alicyclic amines) is 1. The molecule has 0 spiro atoms. The highest BCUT2D eigenvalue weighted by Gasteiger charge is 2.44. The molecule has 4 aliphatic rings. The zero-order valence-electron chi connectivity index (χ0n) is 25.3. The molecule has 12 nitrogen and oxygen atoms in total. The van der Waals surface area contributed by atoms with Crippen LogP contribution in [0.1, 0.15) is 80.0 Å². The van der Waals surface area contributed by atoms with E-state index in [9.17, 15) is 24.0 Å². The van der Waals surface area contributed by atoms with Crippen molar-refractivity contribution in [2.75, 3.05) is 50.8 Å². The first-order valence-corrected chi connectivity index (χ1v) is 15.3. The number of amides is 4. The fourth-order valence-electron chi connectivity index (χ4n) is 6.17. The number of fused-ring (bicyclic) bond motifs is 1. The third-order valence-electron chi connectivity index (χ3n) is 8.34. The van der Waals surface area contributed by atoms with Gasteiger partial charge in [0.2, 0.25) is 11.8 Å². The largest absolute Gasteiger partial charge is 0.458 e. The van der Waals surface area contributed by atoms with E-state index in [-0.39, 0.29) is 43.2 Å². The molecule has 1 unspecified atom stereocenters. The van der Waals surface area contributed by atoms with Gasteiger partial charge in [-0.25, -0.2) is 4.79 Å². The highest BCUT2D eigenvalue weighted by molar-refractivity contribution is 6.23. The van der Waals surface area contributed by atoms with Crippen molar-refractivity contribution in [3.8, 4) is 0 Å². The van der Waals surface area contributed by atoms with E-state index in [1.165, 1.54) is 0 Å². The van der Waals surface area contributed by atoms with Gasteiger partial charge < -0.3 is 24.0 Å². The summed E-state index contributed by atoms with van der Waals surface area (Å²) in [6.07, 6.45) is 4.27. The van der Waals surface area contributed by atoms with Crippen LogP contribution in [0.5, 0.6) is 0 Å². The lowest BCUT2D eigenvalue weighted by atomic mass is 10.0. The zero-order chi connectivity index (χ0) is 30.7. The smallest absolute Gasteiger partial charge is 0.332 e. The number of hydrogen-bond donors (Lipinski definition) is 1. The molecule has 12 heteroatoms. The number of imide groups is 2. The molecule has 1 aromatic rings. The van der Waals surface area contributed by atoms with Crippen LogP contribution in [0.3, 0.4) is 0 Å². The van der Waals surface area contributed by atoms with E-state index < -0.39 is 35.3 Å². The van der Waals surface area contributed by atoms with Crippen molar-refractivity contribution in [1.29, 1.82) is 0 Å². The third kappa shape index (κ3) is 7.60. The molecule has 0 saturated carbocycles. The molecule has 1 aromatic carbocycles. The molecule has 0 aromatic heterocycles. The van der Waals surface area contributed by atoms with Gasteiger partial charge in [0.1, 0.15) is 18.2 Å². The molecule has 0 radical (unpaired) electrons. The minimum absolute atomic E-state index is 0.0315. The normalized spacial score (nSPS) is 22.6. The molecule has 3 fully saturated rings. The van der Waals surface area contributed by atoms with E-state index in [2.05, 4.69) is 15.1 Å². The first-order valence-electron chi connectivity index (χ1n) is 15.3. The van der Waals surface area contributed by atoms with Crippen molar-refractivity contribution in [2.45, 2.75) is 83.1 Å². The lowest BCUT2D eigenvalue weighted by Crippen LogP contribution is -2.54. The SMILES string of the molecule is CC(C)(C)OC(=O)COCCN1CCC(OC2CCN(c3ccc4c(c3)C(=O)N(C3CCC(=O)NC3=O)C4=O)CC2)CC1. The van der Waals surface area contributed by atoms with E-state index >= 15 is 0 Å². The summed E-state index contributed by atoms with van der Waals surface area (Å²) in [4.78, 5) is 67.3. The van der Waals surface area contributed by atoms with Crippen LogP contribution in [0.4, 0.5) is 5.69 Å². The molecule has 4 aliphatic heterocycles. The second-order valence-electron chi connectivity index (χ2n) is 12.7.